The van der Waals surface area contributed by atoms with Gasteiger partial charge in [-0.15, -0.1) is 10.2 Å². The Morgan fingerprint density at radius 1 is 1.20 bits per heavy atom. The first-order chi connectivity index (χ1) is 14.4. The van der Waals surface area contributed by atoms with Gasteiger partial charge >= 0.3 is 0 Å². The van der Waals surface area contributed by atoms with Gasteiger partial charge in [-0.25, -0.2) is 8.42 Å². The molecule has 0 N–H and O–H groups in total. The molecule has 4 rings (SSSR count). The molecule has 0 atom stereocenters. The molecule has 1 aliphatic carbocycles. The summed E-state index contributed by atoms with van der Waals surface area (Å²) in [4.78, 5) is 14.3. The first-order valence-corrected chi connectivity index (χ1v) is 12.1. The van der Waals surface area contributed by atoms with Crippen molar-refractivity contribution in [2.24, 2.45) is 7.05 Å². The van der Waals surface area contributed by atoms with E-state index in [1.165, 1.54) is 28.2 Å². The summed E-state index contributed by atoms with van der Waals surface area (Å²) in [6, 6.07) is 8.10. The highest BCUT2D eigenvalue weighted by atomic mass is 32.2. The molecule has 1 aromatic heterocycles. The summed E-state index contributed by atoms with van der Waals surface area (Å²) in [5.74, 6) is 1.65. The van der Waals surface area contributed by atoms with Crippen LogP contribution in [-0.2, 0) is 21.9 Å². The highest BCUT2D eigenvalue weighted by Gasteiger charge is 2.32. The predicted octanol–water partition coefficient (Wildman–Crippen LogP) is 1.19. The summed E-state index contributed by atoms with van der Waals surface area (Å²) < 4.78 is 29.1. The van der Waals surface area contributed by atoms with Crippen molar-refractivity contribution in [3.63, 3.8) is 0 Å². The number of nitriles is 1. The first kappa shape index (κ1) is 20.8. The largest absolute Gasteiger partial charge is 0.339 e. The van der Waals surface area contributed by atoms with Crippen LogP contribution in [0.25, 0.3) is 0 Å². The van der Waals surface area contributed by atoms with Gasteiger partial charge in [0.1, 0.15) is 11.9 Å². The van der Waals surface area contributed by atoms with Crippen LogP contribution in [0.5, 0.6) is 0 Å². The second kappa shape index (κ2) is 8.37. The Bertz CT molecular complexity index is 1100. The van der Waals surface area contributed by atoms with Crippen LogP contribution in [0.4, 0.5) is 0 Å². The zero-order chi connectivity index (χ0) is 21.3. The molecule has 1 amide bonds. The maximum atomic E-state index is 12.9. The van der Waals surface area contributed by atoms with E-state index in [9.17, 15) is 18.5 Å². The van der Waals surface area contributed by atoms with E-state index in [1.807, 2.05) is 17.7 Å². The van der Waals surface area contributed by atoms with Gasteiger partial charge in [-0.05, 0) is 25.0 Å². The van der Waals surface area contributed by atoms with Gasteiger partial charge in [0, 0.05) is 39.1 Å². The highest BCUT2D eigenvalue weighted by Crippen LogP contribution is 2.39. The molecule has 158 valence electrons. The summed E-state index contributed by atoms with van der Waals surface area (Å²) in [6.07, 6.45) is 2.28. The van der Waals surface area contributed by atoms with Crippen molar-refractivity contribution in [2.75, 3.05) is 31.9 Å². The van der Waals surface area contributed by atoms with E-state index in [4.69, 9.17) is 0 Å². The second-order valence-corrected chi connectivity index (χ2v) is 10.2. The minimum Gasteiger partial charge on any atom is -0.339 e. The predicted molar refractivity (Wildman–Crippen MR) is 110 cm³/mol. The zero-order valence-corrected chi connectivity index (χ0v) is 18.2. The average molecular weight is 447 g/mol. The van der Waals surface area contributed by atoms with Gasteiger partial charge in [0.25, 0.3) is 0 Å². The number of hydrogen-bond donors (Lipinski definition) is 0. The molecule has 2 aromatic rings. The maximum Gasteiger partial charge on any atom is 0.244 e. The summed E-state index contributed by atoms with van der Waals surface area (Å²) in [6.45, 7) is 1.04. The fourth-order valence-electron chi connectivity index (χ4n) is 3.47. The van der Waals surface area contributed by atoms with Gasteiger partial charge in [-0.3, -0.25) is 4.79 Å². The molecule has 0 bridgehead atoms. The molecule has 1 aromatic carbocycles. The first-order valence-electron chi connectivity index (χ1n) is 9.71. The maximum absolute atomic E-state index is 12.9. The second-order valence-electron chi connectivity index (χ2n) is 7.36. The molecular weight excluding hydrogens is 424 g/mol. The van der Waals surface area contributed by atoms with Crippen LogP contribution in [0.1, 0.15) is 30.1 Å². The number of sulfonamides is 1. The van der Waals surface area contributed by atoms with Crippen LogP contribution in [0.15, 0.2) is 34.3 Å². The summed E-state index contributed by atoms with van der Waals surface area (Å²) >= 11 is 1.35. The normalized spacial score (nSPS) is 17.7. The Hall–Kier alpha value is -2.42. The lowest BCUT2D eigenvalue weighted by Gasteiger charge is -2.34. The zero-order valence-electron chi connectivity index (χ0n) is 16.6. The van der Waals surface area contributed by atoms with Crippen LogP contribution in [0.2, 0.25) is 0 Å². The monoisotopic (exact) mass is 446 g/mol. The van der Waals surface area contributed by atoms with Crippen molar-refractivity contribution in [3.8, 4) is 6.07 Å². The lowest BCUT2D eigenvalue weighted by molar-refractivity contribution is -0.129. The number of amides is 1. The van der Waals surface area contributed by atoms with Crippen LogP contribution in [0.3, 0.4) is 0 Å². The van der Waals surface area contributed by atoms with Crippen molar-refractivity contribution in [3.05, 3.63) is 35.7 Å². The Morgan fingerprint density at radius 2 is 1.90 bits per heavy atom. The molecule has 0 unspecified atom stereocenters. The number of piperazine rings is 1. The number of carbonyl (C=O) groups is 1. The van der Waals surface area contributed by atoms with E-state index < -0.39 is 10.0 Å². The molecule has 11 heteroatoms. The van der Waals surface area contributed by atoms with Gasteiger partial charge in [-0.2, -0.15) is 9.57 Å². The van der Waals surface area contributed by atoms with Crippen molar-refractivity contribution in [2.45, 2.75) is 28.8 Å². The van der Waals surface area contributed by atoms with Crippen LogP contribution in [0, 0.1) is 11.3 Å². The lowest BCUT2D eigenvalue weighted by Crippen LogP contribution is -2.51. The van der Waals surface area contributed by atoms with Crippen LogP contribution in [-0.4, -0.2) is 70.2 Å². The van der Waals surface area contributed by atoms with Crippen LogP contribution >= 0.6 is 11.8 Å². The fourth-order valence-corrected chi connectivity index (χ4v) is 5.85. The Kier molecular flexibility index (Phi) is 5.81. The molecule has 1 saturated heterocycles. The van der Waals surface area contributed by atoms with Crippen molar-refractivity contribution in [1.82, 2.24) is 24.0 Å². The number of hydrogen-bond acceptors (Lipinski definition) is 7. The number of aromatic nitrogens is 3. The van der Waals surface area contributed by atoms with E-state index in [0.29, 0.717) is 19.0 Å². The smallest absolute Gasteiger partial charge is 0.244 e. The van der Waals surface area contributed by atoms with Crippen molar-refractivity contribution >= 4 is 27.7 Å². The Balaban J connectivity index is 1.34. The van der Waals surface area contributed by atoms with Crippen molar-refractivity contribution in [1.29, 1.82) is 5.26 Å². The average Bonchev–Trinajstić information content (AvgIpc) is 3.54. The number of benzene rings is 1. The fraction of sp³-hybridized carbons (Fsp3) is 0.474. The van der Waals surface area contributed by atoms with E-state index in [-0.39, 0.29) is 35.2 Å². The molecular formula is C19H22N6O3S2. The summed E-state index contributed by atoms with van der Waals surface area (Å²) in [5.41, 5.74) is 0.127. The Labute approximate surface area is 179 Å². The van der Waals surface area contributed by atoms with Crippen LogP contribution < -0.4 is 0 Å². The molecule has 30 heavy (non-hydrogen) atoms. The van der Waals surface area contributed by atoms with Gasteiger partial charge < -0.3 is 9.47 Å². The van der Waals surface area contributed by atoms with E-state index in [0.717, 1.165) is 23.8 Å². The number of carbonyl (C=O) groups excluding carboxylic acids is 1. The third kappa shape index (κ3) is 4.08. The molecule has 1 saturated carbocycles. The standard InChI is InChI=1S/C19H22N6O3S2/c1-23-18(14-6-7-14)21-22-19(23)29-13-17(26)24-8-10-25(11-9-24)30(27,28)16-5-3-2-4-15(16)12-20/h2-5,14H,6-11,13H2,1H3. The molecule has 2 heterocycles. The molecule has 1 aliphatic heterocycles. The minimum absolute atomic E-state index is 0.0107. The topological polar surface area (TPSA) is 112 Å². The van der Waals surface area contributed by atoms with Crippen molar-refractivity contribution < 1.29 is 13.2 Å². The van der Waals surface area contributed by atoms with Gasteiger partial charge in [-0.1, -0.05) is 23.9 Å². The summed E-state index contributed by atoms with van der Waals surface area (Å²) in [5, 5.41) is 18.3. The van der Waals surface area contributed by atoms with Gasteiger partial charge in [0.05, 0.1) is 16.2 Å². The number of nitrogens with zero attached hydrogens (tertiary/aromatic N) is 6. The highest BCUT2D eigenvalue weighted by molar-refractivity contribution is 7.99. The molecule has 2 aliphatic rings. The summed E-state index contributed by atoms with van der Waals surface area (Å²) in [7, 11) is -1.85. The van der Waals surface area contributed by atoms with E-state index >= 15 is 0 Å². The third-order valence-corrected chi connectivity index (χ3v) is 8.31. The number of rotatable bonds is 6. The number of thioether (sulfide) groups is 1. The Morgan fingerprint density at radius 3 is 2.57 bits per heavy atom. The molecule has 0 spiro atoms. The van der Waals surface area contributed by atoms with E-state index in [2.05, 4.69) is 10.2 Å². The van der Waals surface area contributed by atoms with Gasteiger partial charge in [0.15, 0.2) is 5.16 Å². The SMILES string of the molecule is Cn1c(SCC(=O)N2CCN(S(=O)(=O)c3ccccc3C#N)CC2)nnc1C1CC1. The molecule has 0 radical (unpaired) electrons. The third-order valence-electron chi connectivity index (χ3n) is 5.35. The van der Waals surface area contributed by atoms with Gasteiger partial charge in [0.2, 0.25) is 15.9 Å². The molecule has 9 nitrogen and oxygen atoms in total. The minimum atomic E-state index is -3.77. The molecule has 2 fully saturated rings. The quantitative estimate of drug-likeness (QED) is 0.613. The van der Waals surface area contributed by atoms with E-state index in [1.54, 1.807) is 17.0 Å². The lowest BCUT2D eigenvalue weighted by atomic mass is 10.2.